The van der Waals surface area contributed by atoms with E-state index in [0.29, 0.717) is 0 Å². The van der Waals surface area contributed by atoms with Crippen molar-refractivity contribution in [1.29, 1.82) is 0 Å². The van der Waals surface area contributed by atoms with Crippen molar-refractivity contribution in [2.24, 2.45) is 0 Å². The lowest BCUT2D eigenvalue weighted by molar-refractivity contribution is 0.137. The van der Waals surface area contributed by atoms with Gasteiger partial charge in [-0.3, -0.25) is 0 Å². The number of halogens is 2. The molecule has 3 nitrogen and oxygen atoms in total. The van der Waals surface area contributed by atoms with Gasteiger partial charge in [0.05, 0.1) is 6.33 Å². The highest BCUT2D eigenvalue weighted by molar-refractivity contribution is 6.25. The van der Waals surface area contributed by atoms with Crippen LogP contribution < -0.4 is 0 Å². The zero-order valence-corrected chi connectivity index (χ0v) is 4.47. The largest absolute Gasteiger partial charge is 0.503 e. The van der Waals surface area contributed by atoms with Gasteiger partial charge in [-0.25, -0.2) is 9.18 Å². The first-order valence-corrected chi connectivity index (χ1v) is 1.86. The number of hydrogen-bond acceptors (Lipinski definition) is 1. The van der Waals surface area contributed by atoms with Gasteiger partial charge < -0.3 is 10.2 Å². The normalized spacial score (nSPS) is 7.75. The van der Waals surface area contributed by atoms with Crippen LogP contribution in [-0.2, 0) is 0 Å². The molecule has 0 aromatic rings. The quantitative estimate of drug-likeness (QED) is 0.543. The first-order chi connectivity index (χ1) is 3.65. The predicted octanol–water partition coefficient (Wildman–Crippen LogP) is 1.89. The molecule has 48 valence electrons. The first-order valence-electron chi connectivity index (χ1n) is 1.42. The molecule has 0 aliphatic carbocycles. The summed E-state index contributed by atoms with van der Waals surface area (Å²) in [4.78, 5) is 8.56. The van der Waals surface area contributed by atoms with E-state index in [1.54, 1.807) is 0 Å². The highest BCUT2D eigenvalue weighted by atomic mass is 35.5. The van der Waals surface area contributed by atoms with E-state index >= 15 is 0 Å². The van der Waals surface area contributed by atoms with E-state index in [4.69, 9.17) is 15.0 Å². The van der Waals surface area contributed by atoms with Crippen LogP contribution >= 0.6 is 11.6 Å². The summed E-state index contributed by atoms with van der Waals surface area (Å²) in [5.74, 6) is 0. The maximum Gasteiger partial charge on any atom is 0.503 e. The van der Waals surface area contributed by atoms with Gasteiger partial charge in [-0.2, -0.15) is 0 Å². The predicted molar refractivity (Wildman–Crippen MR) is 26.8 cm³/mol. The second-order valence-electron chi connectivity index (χ2n) is 0.535. The molecule has 0 unspecified atom stereocenters. The van der Waals surface area contributed by atoms with Gasteiger partial charge >= 0.3 is 6.16 Å². The van der Waals surface area contributed by atoms with Crippen LogP contribution in [0.15, 0.2) is 11.9 Å². The van der Waals surface area contributed by atoms with Crippen LogP contribution in [0.25, 0.3) is 0 Å². The Kier molecular flexibility index (Phi) is 12.2. The molecule has 0 rings (SSSR count). The monoisotopic (exact) mass is 142 g/mol. The van der Waals surface area contributed by atoms with E-state index < -0.39 is 6.16 Å². The molecule has 0 fully saturated rings. The third-order valence-corrected chi connectivity index (χ3v) is 0.143. The Morgan fingerprint density at radius 1 is 1.62 bits per heavy atom. The van der Waals surface area contributed by atoms with Gasteiger partial charge in [0.2, 0.25) is 0 Å². The molecule has 8 heavy (non-hydrogen) atoms. The fourth-order valence-corrected chi connectivity index (χ4v) is 0. The Bertz CT molecular complexity index is 74.6. The summed E-state index contributed by atoms with van der Waals surface area (Å²) in [5, 5.41) is 13.9. The van der Waals surface area contributed by atoms with E-state index in [-0.39, 0.29) is 6.33 Å². The maximum atomic E-state index is 10.4. The van der Waals surface area contributed by atoms with E-state index in [1.165, 1.54) is 0 Å². The molecule has 0 aliphatic heterocycles. The van der Waals surface area contributed by atoms with Crippen molar-refractivity contribution >= 4 is 17.8 Å². The van der Waals surface area contributed by atoms with Crippen molar-refractivity contribution in [1.82, 2.24) is 0 Å². The molecule has 0 aliphatic rings. The van der Waals surface area contributed by atoms with Crippen molar-refractivity contribution in [3.05, 3.63) is 11.9 Å². The van der Waals surface area contributed by atoms with Gasteiger partial charge in [0, 0.05) is 5.54 Å². The van der Waals surface area contributed by atoms with E-state index in [0.717, 1.165) is 5.54 Å². The Morgan fingerprint density at radius 2 is 1.75 bits per heavy atom. The van der Waals surface area contributed by atoms with Crippen LogP contribution in [0.1, 0.15) is 0 Å². The summed E-state index contributed by atoms with van der Waals surface area (Å²) in [5.41, 5.74) is 0.806. The molecule has 0 amide bonds. The molecule has 0 saturated heterocycles. The minimum absolute atomic E-state index is 0.265. The highest BCUT2D eigenvalue weighted by Gasteiger charge is 1.70. The fourth-order valence-electron chi connectivity index (χ4n) is 0. The van der Waals surface area contributed by atoms with Crippen LogP contribution in [0, 0.1) is 0 Å². The van der Waals surface area contributed by atoms with Crippen molar-refractivity contribution in [3.63, 3.8) is 0 Å². The Balaban J connectivity index is 0. The third kappa shape index (κ3) is 1770. The zero-order chi connectivity index (χ0) is 6.99. The van der Waals surface area contributed by atoms with Gasteiger partial charge in [0.15, 0.2) is 0 Å². The van der Waals surface area contributed by atoms with Gasteiger partial charge in [0.25, 0.3) is 0 Å². The lowest BCUT2D eigenvalue weighted by atomic mass is 11.2. The second kappa shape index (κ2) is 9.52. The Labute approximate surface area is 50.0 Å². The maximum absolute atomic E-state index is 10.4. The van der Waals surface area contributed by atoms with Crippen LogP contribution in [-0.4, -0.2) is 16.4 Å². The average Bonchev–Trinajstić information content (AvgIpc) is 1.65. The fraction of sp³-hybridized carbons (Fsp3) is 0. The molecule has 0 radical (unpaired) electrons. The van der Waals surface area contributed by atoms with Crippen molar-refractivity contribution in [3.8, 4) is 0 Å². The van der Waals surface area contributed by atoms with Crippen molar-refractivity contribution in [2.45, 2.75) is 0 Å². The third-order valence-electron chi connectivity index (χ3n) is 0.0476. The number of carboxylic acid groups (broad SMARTS) is 2. The van der Waals surface area contributed by atoms with Gasteiger partial charge in [-0.05, 0) is 0 Å². The second-order valence-corrected chi connectivity index (χ2v) is 0.787. The Hall–Kier alpha value is -0.770. The summed E-state index contributed by atoms with van der Waals surface area (Å²) >= 11 is 4.63. The number of carbonyl (C=O) groups is 1. The summed E-state index contributed by atoms with van der Waals surface area (Å²) in [7, 11) is 0. The van der Waals surface area contributed by atoms with E-state index in [9.17, 15) is 4.39 Å². The minimum atomic E-state index is -1.83. The topological polar surface area (TPSA) is 57.5 Å². The summed E-state index contributed by atoms with van der Waals surface area (Å²) < 4.78 is 10.4. The zero-order valence-electron chi connectivity index (χ0n) is 3.71. The molecule has 0 aromatic carbocycles. The molecular weight excluding hydrogens is 138 g/mol. The smallest absolute Gasteiger partial charge is 0.450 e. The molecular formula is C3H4ClFO3. The van der Waals surface area contributed by atoms with Gasteiger partial charge in [-0.1, -0.05) is 11.6 Å². The number of hydrogen-bond donors (Lipinski definition) is 2. The Morgan fingerprint density at radius 3 is 1.75 bits per heavy atom. The van der Waals surface area contributed by atoms with Gasteiger partial charge in [-0.15, -0.1) is 0 Å². The molecule has 2 N–H and O–H groups in total. The van der Waals surface area contributed by atoms with Crippen molar-refractivity contribution in [2.75, 3.05) is 0 Å². The lowest BCUT2D eigenvalue weighted by Crippen LogP contribution is -1.81. The molecule has 0 saturated carbocycles. The summed E-state index contributed by atoms with van der Waals surface area (Å²) in [6, 6.07) is 0. The number of rotatable bonds is 0. The van der Waals surface area contributed by atoms with Crippen molar-refractivity contribution < 1.29 is 19.4 Å². The van der Waals surface area contributed by atoms with Crippen LogP contribution in [0.5, 0.6) is 0 Å². The highest BCUT2D eigenvalue weighted by Crippen LogP contribution is 1.73. The van der Waals surface area contributed by atoms with Crippen LogP contribution in [0.4, 0.5) is 9.18 Å². The summed E-state index contributed by atoms with van der Waals surface area (Å²) in [6.45, 7) is 0. The molecule has 0 bridgehead atoms. The minimum Gasteiger partial charge on any atom is -0.450 e. The summed E-state index contributed by atoms with van der Waals surface area (Å²) in [6.07, 6.45) is -1.57. The average molecular weight is 143 g/mol. The van der Waals surface area contributed by atoms with E-state index in [1.807, 2.05) is 0 Å². The molecule has 5 heteroatoms. The van der Waals surface area contributed by atoms with Gasteiger partial charge in [0.1, 0.15) is 0 Å². The molecule has 0 spiro atoms. The SMILES string of the molecule is FC=CCl.O=C(O)O. The molecule has 0 heterocycles. The van der Waals surface area contributed by atoms with Crippen LogP contribution in [0.3, 0.4) is 0 Å². The first kappa shape index (κ1) is 10.3. The molecule has 0 atom stereocenters. The van der Waals surface area contributed by atoms with E-state index in [2.05, 4.69) is 11.6 Å². The van der Waals surface area contributed by atoms with Crippen LogP contribution in [0.2, 0.25) is 0 Å². The standard InChI is InChI=1S/C2H2ClF.CH2O3/c3-1-2-4;2-1(3)4/h1-2H;(H2,2,3,4). The lowest BCUT2D eigenvalue weighted by Gasteiger charge is -1.60. The molecule has 0 aromatic heterocycles.